The van der Waals surface area contributed by atoms with E-state index in [1.54, 1.807) is 0 Å². The summed E-state index contributed by atoms with van der Waals surface area (Å²) in [4.78, 5) is 10.7. The van der Waals surface area contributed by atoms with E-state index in [9.17, 15) is 0 Å². The maximum absolute atomic E-state index is 6.26. The van der Waals surface area contributed by atoms with Crippen LogP contribution in [0.5, 0.6) is 0 Å². The van der Waals surface area contributed by atoms with E-state index in [0.29, 0.717) is 5.82 Å². The number of aryl methyl sites for hydroxylation is 1. The number of hydrogen-bond donors (Lipinski definition) is 2. The largest absolute Gasteiger partial charge is 0.382 e. The number of imidazole rings is 1. The van der Waals surface area contributed by atoms with Gasteiger partial charge in [-0.05, 0) is 69.2 Å². The van der Waals surface area contributed by atoms with Crippen molar-refractivity contribution in [3.05, 3.63) is 58.7 Å². The van der Waals surface area contributed by atoms with E-state index in [-0.39, 0.29) is 5.41 Å². The first-order valence-corrected chi connectivity index (χ1v) is 10.5. The number of benzene rings is 1. The van der Waals surface area contributed by atoms with Crippen LogP contribution in [0.2, 0.25) is 0 Å². The predicted octanol–water partition coefficient (Wildman–Crippen LogP) is 5.56. The summed E-state index contributed by atoms with van der Waals surface area (Å²) in [6.45, 7) is 11.6. The van der Waals surface area contributed by atoms with Gasteiger partial charge >= 0.3 is 0 Å². The van der Waals surface area contributed by atoms with Crippen molar-refractivity contribution < 1.29 is 0 Å². The molecule has 1 fully saturated rings. The molecule has 0 saturated heterocycles. The molecule has 0 bridgehead atoms. The van der Waals surface area contributed by atoms with Crippen molar-refractivity contribution in [1.29, 1.82) is 0 Å². The molecule has 4 rings (SSSR count). The first-order chi connectivity index (χ1) is 13.4. The van der Waals surface area contributed by atoms with Crippen LogP contribution in [0.3, 0.4) is 0 Å². The number of hydrogen-bond acceptors (Lipinski definition) is 3. The summed E-state index contributed by atoms with van der Waals surface area (Å²) in [6.07, 6.45) is 8.94. The summed E-state index contributed by atoms with van der Waals surface area (Å²) in [5.74, 6) is 1.64. The van der Waals surface area contributed by atoms with Crippen LogP contribution in [0.15, 0.2) is 36.0 Å². The molecule has 1 aromatic carbocycles. The van der Waals surface area contributed by atoms with E-state index in [0.717, 1.165) is 49.4 Å². The van der Waals surface area contributed by atoms with E-state index in [4.69, 9.17) is 10.7 Å². The number of nitrogens with one attached hydrogen (secondary N) is 1. The molecule has 1 saturated carbocycles. The molecular formula is C24H32N4. The number of H-pyrrole nitrogens is 1. The smallest absolute Gasteiger partial charge is 0.149 e. The molecule has 1 aliphatic carbocycles. The van der Waals surface area contributed by atoms with E-state index < -0.39 is 0 Å². The molecule has 0 amide bonds. The molecule has 4 heteroatoms. The number of allylic oxidation sites excluding steroid dienone is 2. The molecule has 1 aliphatic heterocycles. The van der Waals surface area contributed by atoms with Crippen LogP contribution in [0.1, 0.15) is 75.5 Å². The SMILES string of the molecule is C=C(C)N1CCCc2cc(C3(c4nc(N)c(/C=C(\C)CC)[nH]4)CCC3)ccc21. The quantitative estimate of drug-likeness (QED) is 0.718. The number of rotatable bonds is 5. The molecular weight excluding hydrogens is 344 g/mol. The second kappa shape index (κ2) is 7.16. The number of nitrogen functional groups attached to an aromatic ring is 1. The third kappa shape index (κ3) is 3.05. The maximum Gasteiger partial charge on any atom is 0.149 e. The summed E-state index contributed by atoms with van der Waals surface area (Å²) in [7, 11) is 0. The van der Waals surface area contributed by atoms with Crippen LogP contribution < -0.4 is 10.6 Å². The summed E-state index contributed by atoms with van der Waals surface area (Å²) < 4.78 is 0. The lowest BCUT2D eigenvalue weighted by molar-refractivity contribution is 0.287. The minimum atomic E-state index is -0.0269. The molecule has 0 atom stereocenters. The number of nitrogens with two attached hydrogens (primary N) is 1. The maximum atomic E-state index is 6.26. The van der Waals surface area contributed by atoms with Gasteiger partial charge in [0.1, 0.15) is 11.6 Å². The number of aromatic nitrogens is 2. The number of anilines is 2. The van der Waals surface area contributed by atoms with Gasteiger partial charge in [-0.15, -0.1) is 0 Å². The molecule has 0 spiro atoms. The topological polar surface area (TPSA) is 57.9 Å². The first kappa shape index (κ1) is 18.9. The van der Waals surface area contributed by atoms with Crippen LogP contribution in [-0.2, 0) is 11.8 Å². The summed E-state index contributed by atoms with van der Waals surface area (Å²) in [5.41, 5.74) is 13.7. The van der Waals surface area contributed by atoms with E-state index in [1.807, 2.05) is 0 Å². The van der Waals surface area contributed by atoms with Crippen molar-refractivity contribution in [3.63, 3.8) is 0 Å². The lowest BCUT2D eigenvalue weighted by Crippen LogP contribution is -2.37. The van der Waals surface area contributed by atoms with Crippen molar-refractivity contribution in [2.75, 3.05) is 17.2 Å². The molecule has 2 heterocycles. The van der Waals surface area contributed by atoms with Gasteiger partial charge in [0.25, 0.3) is 0 Å². The second-order valence-electron chi connectivity index (χ2n) is 8.50. The van der Waals surface area contributed by atoms with Crippen molar-refractivity contribution in [1.82, 2.24) is 9.97 Å². The van der Waals surface area contributed by atoms with Gasteiger partial charge in [-0.25, -0.2) is 4.98 Å². The van der Waals surface area contributed by atoms with Crippen LogP contribution >= 0.6 is 0 Å². The highest BCUT2D eigenvalue weighted by Gasteiger charge is 2.43. The standard InChI is InChI=1S/C24H32N4/c1-5-17(4)14-20-22(25)27-23(26-20)24(11-7-12-24)19-9-10-21-18(15-19)8-6-13-28(21)16(2)3/h9-10,14-15H,2,5-8,11-13,25H2,1,3-4H3,(H,26,27)/b17-14+. The molecule has 28 heavy (non-hydrogen) atoms. The molecule has 1 aromatic heterocycles. The molecule has 2 aliphatic rings. The fourth-order valence-corrected chi connectivity index (χ4v) is 4.57. The fraction of sp³-hybridized carbons (Fsp3) is 0.458. The van der Waals surface area contributed by atoms with E-state index >= 15 is 0 Å². The third-order valence-corrected chi connectivity index (χ3v) is 6.58. The summed E-state index contributed by atoms with van der Waals surface area (Å²) in [5, 5.41) is 0. The van der Waals surface area contributed by atoms with E-state index in [2.05, 4.69) is 61.5 Å². The van der Waals surface area contributed by atoms with Crippen molar-refractivity contribution in [2.45, 2.75) is 64.7 Å². The van der Waals surface area contributed by atoms with Gasteiger partial charge in [0.2, 0.25) is 0 Å². The minimum Gasteiger partial charge on any atom is -0.382 e. The molecule has 0 radical (unpaired) electrons. The van der Waals surface area contributed by atoms with Crippen LogP contribution in [-0.4, -0.2) is 16.5 Å². The molecule has 2 aromatic rings. The van der Waals surface area contributed by atoms with Crippen molar-refractivity contribution in [2.24, 2.45) is 0 Å². The van der Waals surface area contributed by atoms with Crippen molar-refractivity contribution in [3.8, 4) is 0 Å². The Hall–Kier alpha value is -2.49. The van der Waals surface area contributed by atoms with Gasteiger partial charge in [0, 0.05) is 17.9 Å². The normalized spacial score (nSPS) is 18.5. The third-order valence-electron chi connectivity index (χ3n) is 6.58. The molecule has 3 N–H and O–H groups in total. The Morgan fingerprint density at radius 2 is 2.11 bits per heavy atom. The Morgan fingerprint density at radius 1 is 1.32 bits per heavy atom. The van der Waals surface area contributed by atoms with Crippen molar-refractivity contribution >= 4 is 17.6 Å². The monoisotopic (exact) mass is 376 g/mol. The molecule has 4 nitrogen and oxygen atoms in total. The zero-order chi connectivity index (χ0) is 19.9. The average Bonchev–Trinajstić information content (AvgIpc) is 3.00. The highest BCUT2D eigenvalue weighted by Crippen LogP contribution is 2.49. The number of fused-ring (bicyclic) bond motifs is 1. The second-order valence-corrected chi connectivity index (χ2v) is 8.50. The highest BCUT2D eigenvalue weighted by molar-refractivity contribution is 5.63. The van der Waals surface area contributed by atoms with Gasteiger partial charge in [0.15, 0.2) is 0 Å². The molecule has 0 unspecified atom stereocenters. The zero-order valence-corrected chi connectivity index (χ0v) is 17.4. The number of nitrogens with zero attached hydrogens (tertiary/aromatic N) is 2. The van der Waals surface area contributed by atoms with Gasteiger partial charge < -0.3 is 15.6 Å². The van der Waals surface area contributed by atoms with Gasteiger partial charge in [-0.2, -0.15) is 0 Å². The van der Waals surface area contributed by atoms with Gasteiger partial charge in [0.05, 0.1) is 11.1 Å². The summed E-state index contributed by atoms with van der Waals surface area (Å²) >= 11 is 0. The Balaban J connectivity index is 1.73. The Labute approximate surface area is 168 Å². The lowest BCUT2D eigenvalue weighted by Gasteiger charge is -2.42. The Kier molecular flexibility index (Phi) is 4.82. The minimum absolute atomic E-state index is 0.0269. The predicted molar refractivity (Wildman–Crippen MR) is 118 cm³/mol. The molecule has 148 valence electrons. The Morgan fingerprint density at radius 3 is 2.75 bits per heavy atom. The van der Waals surface area contributed by atoms with E-state index in [1.165, 1.54) is 35.2 Å². The first-order valence-electron chi connectivity index (χ1n) is 10.5. The lowest BCUT2D eigenvalue weighted by atomic mass is 9.63. The number of aromatic amines is 1. The van der Waals surface area contributed by atoms with Crippen LogP contribution in [0.4, 0.5) is 11.5 Å². The van der Waals surface area contributed by atoms with Gasteiger partial charge in [-0.3, -0.25) is 0 Å². The Bertz CT molecular complexity index is 930. The zero-order valence-electron chi connectivity index (χ0n) is 17.4. The highest BCUT2D eigenvalue weighted by atomic mass is 15.1. The van der Waals surface area contributed by atoms with Gasteiger partial charge in [-0.1, -0.05) is 37.6 Å². The average molecular weight is 377 g/mol. The fourth-order valence-electron chi connectivity index (χ4n) is 4.57. The summed E-state index contributed by atoms with van der Waals surface area (Å²) in [6, 6.07) is 6.99. The van der Waals surface area contributed by atoms with Crippen LogP contribution in [0, 0.1) is 0 Å². The van der Waals surface area contributed by atoms with Crippen LogP contribution in [0.25, 0.3) is 6.08 Å².